The third kappa shape index (κ3) is 2.63. The van der Waals surface area contributed by atoms with E-state index >= 15 is 0 Å². The maximum Gasteiger partial charge on any atom is 0.152 e. The zero-order chi connectivity index (χ0) is 13.9. The molecular formula is C14H21N5S. The molecule has 0 atom stereocenters. The van der Waals surface area contributed by atoms with Gasteiger partial charge >= 0.3 is 0 Å². The molecule has 108 valence electrons. The Kier molecular flexibility index (Phi) is 4.14. The molecule has 3 rings (SSSR count). The Morgan fingerprint density at radius 1 is 1.40 bits per heavy atom. The number of nitrogens with one attached hydrogen (secondary N) is 1. The summed E-state index contributed by atoms with van der Waals surface area (Å²) in [5, 5.41) is 3.03. The lowest BCUT2D eigenvalue weighted by atomic mass is 10.2. The van der Waals surface area contributed by atoms with Crippen LogP contribution in [0.4, 0.5) is 5.82 Å². The number of thiophene rings is 1. The smallest absolute Gasteiger partial charge is 0.152 e. The van der Waals surface area contributed by atoms with Crippen LogP contribution in [0.25, 0.3) is 10.2 Å². The second-order valence-electron chi connectivity index (χ2n) is 5.27. The van der Waals surface area contributed by atoms with E-state index < -0.39 is 0 Å². The third-order valence-electron chi connectivity index (χ3n) is 4.10. The van der Waals surface area contributed by atoms with Crippen LogP contribution >= 0.6 is 11.3 Å². The summed E-state index contributed by atoms with van der Waals surface area (Å²) >= 11 is 1.63. The summed E-state index contributed by atoms with van der Waals surface area (Å²) in [7, 11) is 0. The Morgan fingerprint density at radius 2 is 2.20 bits per heavy atom. The minimum absolute atomic E-state index is 0.692. The lowest BCUT2D eigenvalue weighted by molar-refractivity contribution is 0.195. The van der Waals surface area contributed by atoms with E-state index in [-0.39, 0.29) is 0 Å². The topological polar surface area (TPSA) is 67.1 Å². The molecule has 3 N–H and O–H groups in total. The summed E-state index contributed by atoms with van der Waals surface area (Å²) in [4.78, 5) is 12.7. The molecule has 0 unspecified atom stereocenters. The van der Waals surface area contributed by atoms with Crippen molar-refractivity contribution in [1.82, 2.24) is 14.9 Å². The maximum atomic E-state index is 5.58. The van der Waals surface area contributed by atoms with Gasteiger partial charge in [0.2, 0.25) is 0 Å². The average molecular weight is 291 g/mol. The number of nitrogens with zero attached hydrogens (tertiary/aromatic N) is 3. The highest BCUT2D eigenvalue weighted by Gasteiger charge is 2.22. The standard InChI is InChI=1S/C14H21N5S/c1-2-19(10-5-3-4-6-10)9-12-16-13(18-15)11-7-8-20-14(11)17-12/h7-8,10H,2-6,9,15H2,1H3,(H,16,17,18). The molecule has 0 spiro atoms. The zero-order valence-electron chi connectivity index (χ0n) is 11.8. The summed E-state index contributed by atoms with van der Waals surface area (Å²) in [6, 6.07) is 2.70. The van der Waals surface area contributed by atoms with Crippen molar-refractivity contribution >= 4 is 27.4 Å². The number of anilines is 1. The van der Waals surface area contributed by atoms with Crippen molar-refractivity contribution in [1.29, 1.82) is 0 Å². The summed E-state index contributed by atoms with van der Waals surface area (Å²) < 4.78 is 0. The number of hydrogen-bond acceptors (Lipinski definition) is 6. The minimum atomic E-state index is 0.692. The molecule has 2 heterocycles. The van der Waals surface area contributed by atoms with Gasteiger partial charge in [0, 0.05) is 6.04 Å². The average Bonchev–Trinajstić information content (AvgIpc) is 3.14. The van der Waals surface area contributed by atoms with E-state index in [0.717, 1.165) is 34.9 Å². The van der Waals surface area contributed by atoms with Gasteiger partial charge in [-0.3, -0.25) is 4.90 Å². The van der Waals surface area contributed by atoms with Crippen LogP contribution in [0, 0.1) is 0 Å². The first kappa shape index (κ1) is 13.7. The van der Waals surface area contributed by atoms with Crippen LogP contribution in [0.1, 0.15) is 38.4 Å². The van der Waals surface area contributed by atoms with Gasteiger partial charge in [0.15, 0.2) is 5.82 Å². The Labute approximate surface area is 123 Å². The van der Waals surface area contributed by atoms with Crippen molar-refractivity contribution in [2.75, 3.05) is 12.0 Å². The summed E-state index contributed by atoms with van der Waals surface area (Å²) in [6.07, 6.45) is 5.30. The molecule has 1 aliphatic carbocycles. The van der Waals surface area contributed by atoms with Crippen LogP contribution in [-0.4, -0.2) is 27.5 Å². The van der Waals surface area contributed by atoms with E-state index in [2.05, 4.69) is 27.2 Å². The Hall–Kier alpha value is -1.24. The summed E-state index contributed by atoms with van der Waals surface area (Å²) in [5.74, 6) is 7.17. The third-order valence-corrected chi connectivity index (χ3v) is 4.91. The van der Waals surface area contributed by atoms with Gasteiger partial charge in [-0.05, 0) is 30.8 Å². The highest BCUT2D eigenvalue weighted by atomic mass is 32.1. The molecule has 2 aromatic rings. The molecule has 1 fully saturated rings. The van der Waals surface area contributed by atoms with Gasteiger partial charge in [0.25, 0.3) is 0 Å². The van der Waals surface area contributed by atoms with E-state index in [9.17, 15) is 0 Å². The van der Waals surface area contributed by atoms with Gasteiger partial charge in [-0.2, -0.15) is 0 Å². The second kappa shape index (κ2) is 6.03. The Balaban J connectivity index is 1.85. The van der Waals surface area contributed by atoms with E-state index in [1.165, 1.54) is 25.7 Å². The van der Waals surface area contributed by atoms with E-state index in [0.29, 0.717) is 6.04 Å². The van der Waals surface area contributed by atoms with Crippen LogP contribution in [-0.2, 0) is 6.54 Å². The first-order valence-electron chi connectivity index (χ1n) is 7.26. The van der Waals surface area contributed by atoms with Crippen LogP contribution < -0.4 is 11.3 Å². The minimum Gasteiger partial charge on any atom is -0.308 e. The highest BCUT2D eigenvalue weighted by Crippen LogP contribution is 2.27. The van der Waals surface area contributed by atoms with Crippen molar-refractivity contribution in [2.24, 2.45) is 5.84 Å². The van der Waals surface area contributed by atoms with Gasteiger partial charge < -0.3 is 5.43 Å². The lowest BCUT2D eigenvalue weighted by Crippen LogP contribution is -2.33. The number of hydrazine groups is 1. The van der Waals surface area contributed by atoms with Crippen LogP contribution in [0.5, 0.6) is 0 Å². The molecular weight excluding hydrogens is 270 g/mol. The molecule has 0 saturated heterocycles. The fourth-order valence-electron chi connectivity index (χ4n) is 3.03. The SMILES string of the molecule is CCN(Cc1nc(NN)c2ccsc2n1)C1CCCC1. The van der Waals surface area contributed by atoms with Crippen molar-refractivity contribution in [3.8, 4) is 0 Å². The van der Waals surface area contributed by atoms with E-state index in [1.54, 1.807) is 11.3 Å². The quantitative estimate of drug-likeness (QED) is 0.655. The van der Waals surface area contributed by atoms with Crippen LogP contribution in [0.15, 0.2) is 11.4 Å². The summed E-state index contributed by atoms with van der Waals surface area (Å²) in [5.41, 5.74) is 2.69. The first-order chi connectivity index (χ1) is 9.81. The molecule has 6 heteroatoms. The number of hydrogen-bond donors (Lipinski definition) is 2. The summed E-state index contributed by atoms with van der Waals surface area (Å²) in [6.45, 7) is 4.07. The van der Waals surface area contributed by atoms with Crippen molar-refractivity contribution in [2.45, 2.75) is 45.2 Å². The van der Waals surface area contributed by atoms with Crippen molar-refractivity contribution in [3.05, 3.63) is 17.3 Å². The van der Waals surface area contributed by atoms with Gasteiger partial charge in [-0.25, -0.2) is 15.8 Å². The number of fused-ring (bicyclic) bond motifs is 1. The predicted octanol–water partition coefficient (Wildman–Crippen LogP) is 2.74. The predicted molar refractivity (Wildman–Crippen MR) is 83.6 cm³/mol. The zero-order valence-corrected chi connectivity index (χ0v) is 12.6. The molecule has 0 aromatic carbocycles. The first-order valence-corrected chi connectivity index (χ1v) is 8.14. The molecule has 1 saturated carbocycles. The second-order valence-corrected chi connectivity index (χ2v) is 6.17. The lowest BCUT2D eigenvalue weighted by Gasteiger charge is -2.26. The molecule has 5 nitrogen and oxygen atoms in total. The molecule has 0 amide bonds. The Bertz CT molecular complexity index is 576. The van der Waals surface area contributed by atoms with Gasteiger partial charge in [0.05, 0.1) is 11.9 Å². The van der Waals surface area contributed by atoms with E-state index in [1.807, 2.05) is 11.4 Å². The number of rotatable bonds is 5. The van der Waals surface area contributed by atoms with Crippen LogP contribution in [0.2, 0.25) is 0 Å². The molecule has 0 aliphatic heterocycles. The van der Waals surface area contributed by atoms with Crippen molar-refractivity contribution < 1.29 is 0 Å². The van der Waals surface area contributed by atoms with Crippen molar-refractivity contribution in [3.63, 3.8) is 0 Å². The van der Waals surface area contributed by atoms with Crippen LogP contribution in [0.3, 0.4) is 0 Å². The largest absolute Gasteiger partial charge is 0.308 e. The molecule has 2 aromatic heterocycles. The fourth-order valence-corrected chi connectivity index (χ4v) is 3.81. The molecule has 1 aliphatic rings. The number of aromatic nitrogens is 2. The van der Waals surface area contributed by atoms with Gasteiger partial charge in [-0.15, -0.1) is 11.3 Å². The maximum absolute atomic E-state index is 5.58. The molecule has 0 radical (unpaired) electrons. The van der Waals surface area contributed by atoms with Gasteiger partial charge in [0.1, 0.15) is 10.7 Å². The number of nitrogen functional groups attached to an aromatic ring is 1. The molecule has 20 heavy (non-hydrogen) atoms. The fraction of sp³-hybridized carbons (Fsp3) is 0.571. The normalized spacial score (nSPS) is 16.4. The van der Waals surface area contributed by atoms with E-state index in [4.69, 9.17) is 5.84 Å². The Morgan fingerprint density at radius 3 is 2.90 bits per heavy atom. The molecule has 0 bridgehead atoms. The number of nitrogens with two attached hydrogens (primary N) is 1. The van der Waals surface area contributed by atoms with Gasteiger partial charge in [-0.1, -0.05) is 19.8 Å². The highest BCUT2D eigenvalue weighted by molar-refractivity contribution is 7.16. The monoisotopic (exact) mass is 291 g/mol.